The molecule has 0 spiro atoms. The van der Waals surface area contributed by atoms with E-state index in [1.807, 2.05) is 18.0 Å². The molecule has 1 aromatic rings. The SMILES string of the molecule is CC1=CN2C(=NC3C2C(=O)NC(=O)N3C)N1CCCNc1cc(C)ccc1C. The Morgan fingerprint density at radius 2 is 2.00 bits per heavy atom. The highest BCUT2D eigenvalue weighted by Crippen LogP contribution is 2.31. The maximum absolute atomic E-state index is 12.3. The summed E-state index contributed by atoms with van der Waals surface area (Å²) in [5, 5.41) is 5.90. The third-order valence-corrected chi connectivity index (χ3v) is 5.54. The second-order valence-electron chi connectivity index (χ2n) is 7.62. The number of rotatable bonds is 5. The van der Waals surface area contributed by atoms with Crippen molar-refractivity contribution in [1.82, 2.24) is 20.0 Å². The van der Waals surface area contributed by atoms with Gasteiger partial charge in [0.2, 0.25) is 5.96 Å². The van der Waals surface area contributed by atoms with Crippen molar-refractivity contribution >= 4 is 23.6 Å². The number of aliphatic imine (C=N–C) groups is 1. The maximum Gasteiger partial charge on any atom is 0.325 e. The van der Waals surface area contributed by atoms with Gasteiger partial charge in [-0.15, -0.1) is 0 Å². The molecule has 0 aromatic heterocycles. The van der Waals surface area contributed by atoms with Crippen molar-refractivity contribution < 1.29 is 9.59 Å². The van der Waals surface area contributed by atoms with Crippen LogP contribution in [0, 0.1) is 13.8 Å². The number of aryl methyl sites for hydroxylation is 2. The third kappa shape index (κ3) is 2.98. The second-order valence-corrected chi connectivity index (χ2v) is 7.62. The van der Waals surface area contributed by atoms with Gasteiger partial charge in [-0.2, -0.15) is 0 Å². The molecular weight excluding hydrogens is 356 g/mol. The molecule has 0 radical (unpaired) electrons. The van der Waals surface area contributed by atoms with E-state index in [2.05, 4.69) is 52.6 Å². The molecule has 8 heteroatoms. The number of hydrogen-bond donors (Lipinski definition) is 2. The lowest BCUT2D eigenvalue weighted by atomic mass is 10.1. The van der Waals surface area contributed by atoms with E-state index in [0.29, 0.717) is 0 Å². The Kier molecular flexibility index (Phi) is 4.49. The summed E-state index contributed by atoms with van der Waals surface area (Å²) in [6, 6.07) is 5.51. The first-order valence-corrected chi connectivity index (χ1v) is 9.57. The highest BCUT2D eigenvalue weighted by molar-refractivity contribution is 6.04. The topological polar surface area (TPSA) is 80.3 Å². The number of urea groups is 1. The summed E-state index contributed by atoms with van der Waals surface area (Å²) in [6.07, 6.45) is 2.39. The molecule has 28 heavy (non-hydrogen) atoms. The quantitative estimate of drug-likeness (QED) is 0.760. The maximum atomic E-state index is 12.3. The van der Waals surface area contributed by atoms with Crippen molar-refractivity contribution in [2.45, 2.75) is 39.4 Å². The number of allylic oxidation sites excluding steroid dienone is 1. The average Bonchev–Trinajstić information content (AvgIpc) is 3.15. The molecule has 2 N–H and O–H groups in total. The number of guanidine groups is 1. The van der Waals surface area contributed by atoms with E-state index >= 15 is 0 Å². The van der Waals surface area contributed by atoms with Gasteiger partial charge in [0.15, 0.2) is 12.2 Å². The Labute approximate surface area is 164 Å². The molecule has 3 aliphatic rings. The van der Waals surface area contributed by atoms with Crippen LogP contribution in [0.5, 0.6) is 0 Å². The fraction of sp³-hybridized carbons (Fsp3) is 0.450. The molecule has 3 aliphatic heterocycles. The first-order valence-electron chi connectivity index (χ1n) is 9.57. The van der Waals surface area contributed by atoms with E-state index in [9.17, 15) is 9.59 Å². The van der Waals surface area contributed by atoms with Gasteiger partial charge in [0, 0.05) is 37.7 Å². The molecule has 1 fully saturated rings. The van der Waals surface area contributed by atoms with Crippen LogP contribution in [0.15, 0.2) is 35.1 Å². The van der Waals surface area contributed by atoms with Crippen LogP contribution in [0.1, 0.15) is 24.5 Å². The molecular formula is C20H26N6O2. The summed E-state index contributed by atoms with van der Waals surface area (Å²) in [4.78, 5) is 34.4. The monoisotopic (exact) mass is 382 g/mol. The zero-order chi connectivity index (χ0) is 20.0. The molecule has 0 aliphatic carbocycles. The lowest BCUT2D eigenvalue weighted by Crippen LogP contribution is -2.62. The zero-order valence-electron chi connectivity index (χ0n) is 16.7. The summed E-state index contributed by atoms with van der Waals surface area (Å²) in [5.74, 6) is 0.449. The fourth-order valence-corrected chi connectivity index (χ4v) is 3.91. The number of likely N-dealkylation sites (N-methyl/N-ethyl adjacent to an activating group) is 1. The summed E-state index contributed by atoms with van der Waals surface area (Å²) in [6.45, 7) is 7.84. The summed E-state index contributed by atoms with van der Waals surface area (Å²) in [7, 11) is 1.67. The number of anilines is 1. The minimum absolute atomic E-state index is 0.297. The number of carbonyl (C=O) groups excluding carboxylic acids is 2. The molecule has 148 valence electrons. The van der Waals surface area contributed by atoms with Crippen LogP contribution in [0.4, 0.5) is 10.5 Å². The van der Waals surface area contributed by atoms with Gasteiger partial charge in [-0.05, 0) is 44.4 Å². The van der Waals surface area contributed by atoms with Gasteiger partial charge in [-0.25, -0.2) is 9.79 Å². The van der Waals surface area contributed by atoms with Gasteiger partial charge in [0.05, 0.1) is 0 Å². The Balaban J connectivity index is 1.40. The van der Waals surface area contributed by atoms with Crippen LogP contribution in [-0.2, 0) is 4.79 Å². The lowest BCUT2D eigenvalue weighted by Gasteiger charge is -2.34. The van der Waals surface area contributed by atoms with E-state index in [4.69, 9.17) is 0 Å². The largest absolute Gasteiger partial charge is 0.385 e. The first kappa shape index (κ1) is 18.3. The lowest BCUT2D eigenvalue weighted by molar-refractivity contribution is -0.126. The van der Waals surface area contributed by atoms with Crippen molar-refractivity contribution in [2.75, 3.05) is 25.5 Å². The predicted octanol–water partition coefficient (Wildman–Crippen LogP) is 1.83. The molecule has 8 nitrogen and oxygen atoms in total. The van der Waals surface area contributed by atoms with Crippen molar-refractivity contribution in [3.63, 3.8) is 0 Å². The van der Waals surface area contributed by atoms with Gasteiger partial charge in [0.1, 0.15) is 0 Å². The second kappa shape index (κ2) is 6.85. The van der Waals surface area contributed by atoms with Crippen LogP contribution in [-0.4, -0.2) is 64.9 Å². The number of nitrogens with one attached hydrogen (secondary N) is 2. The van der Waals surface area contributed by atoms with Gasteiger partial charge in [-0.3, -0.25) is 10.1 Å². The molecule has 2 atom stereocenters. The summed E-state index contributed by atoms with van der Waals surface area (Å²) >= 11 is 0. The van der Waals surface area contributed by atoms with Crippen molar-refractivity contribution in [1.29, 1.82) is 0 Å². The molecule has 0 bridgehead atoms. The number of fused-ring (bicyclic) bond motifs is 3. The molecule has 0 saturated carbocycles. The highest BCUT2D eigenvalue weighted by Gasteiger charge is 2.51. The van der Waals surface area contributed by atoms with Gasteiger partial charge in [0.25, 0.3) is 5.91 Å². The number of imide groups is 1. The van der Waals surface area contributed by atoms with Crippen LogP contribution >= 0.6 is 0 Å². The number of hydrogen-bond acceptors (Lipinski definition) is 6. The van der Waals surface area contributed by atoms with Gasteiger partial charge in [-0.1, -0.05) is 12.1 Å². The number of amides is 3. The molecule has 1 aromatic carbocycles. The predicted molar refractivity (Wildman–Crippen MR) is 108 cm³/mol. The fourth-order valence-electron chi connectivity index (χ4n) is 3.91. The molecule has 2 unspecified atom stereocenters. The standard InChI is InChI=1S/C20H26N6O2/c1-12-6-7-13(2)15(10-12)21-8-5-9-25-14(3)11-26-16-17(22-19(25)26)24(4)20(28)23-18(16)27/h6-7,10-11,16-17,21H,5,8-9H2,1-4H3,(H,23,27,28). The van der Waals surface area contributed by atoms with Gasteiger partial charge >= 0.3 is 6.03 Å². The van der Waals surface area contributed by atoms with Crippen molar-refractivity contribution in [3.8, 4) is 0 Å². The normalized spacial score (nSPS) is 23.4. The summed E-state index contributed by atoms with van der Waals surface area (Å²) in [5.41, 5.74) is 4.69. The molecule has 1 saturated heterocycles. The molecule has 4 rings (SSSR count). The van der Waals surface area contributed by atoms with E-state index in [1.54, 1.807) is 7.05 Å². The van der Waals surface area contributed by atoms with Crippen molar-refractivity contribution in [2.24, 2.45) is 4.99 Å². The Hall–Kier alpha value is -3.03. The first-order chi connectivity index (χ1) is 13.4. The Morgan fingerprint density at radius 3 is 2.79 bits per heavy atom. The molecule has 3 heterocycles. The van der Waals surface area contributed by atoms with Crippen LogP contribution < -0.4 is 10.6 Å². The Morgan fingerprint density at radius 1 is 1.21 bits per heavy atom. The van der Waals surface area contributed by atoms with E-state index in [-0.39, 0.29) is 5.91 Å². The van der Waals surface area contributed by atoms with E-state index in [0.717, 1.165) is 36.9 Å². The summed E-state index contributed by atoms with van der Waals surface area (Å²) < 4.78 is 0. The number of carbonyl (C=O) groups is 2. The van der Waals surface area contributed by atoms with Gasteiger partial charge < -0.3 is 20.0 Å². The minimum atomic E-state index is -0.495. The smallest absolute Gasteiger partial charge is 0.325 e. The average molecular weight is 382 g/mol. The third-order valence-electron chi connectivity index (χ3n) is 5.54. The van der Waals surface area contributed by atoms with Crippen LogP contribution in [0.2, 0.25) is 0 Å². The number of benzene rings is 1. The zero-order valence-corrected chi connectivity index (χ0v) is 16.7. The molecule has 3 amide bonds. The number of nitrogens with zero attached hydrogens (tertiary/aromatic N) is 4. The van der Waals surface area contributed by atoms with Crippen LogP contribution in [0.3, 0.4) is 0 Å². The minimum Gasteiger partial charge on any atom is -0.385 e. The van der Waals surface area contributed by atoms with Crippen molar-refractivity contribution in [3.05, 3.63) is 41.2 Å². The van der Waals surface area contributed by atoms with E-state index in [1.165, 1.54) is 16.0 Å². The highest BCUT2D eigenvalue weighted by atomic mass is 16.2. The van der Waals surface area contributed by atoms with Crippen LogP contribution in [0.25, 0.3) is 0 Å². The Bertz CT molecular complexity index is 893. The van der Waals surface area contributed by atoms with E-state index < -0.39 is 18.2 Å².